The molecular weight excluding hydrogens is 250 g/mol. The van der Waals surface area contributed by atoms with Crippen molar-refractivity contribution in [3.8, 4) is 6.07 Å². The summed E-state index contributed by atoms with van der Waals surface area (Å²) in [4.78, 5) is 16.5. The number of nitriles is 1. The second-order valence-corrected chi connectivity index (χ2v) is 4.34. The van der Waals surface area contributed by atoms with E-state index in [1.54, 1.807) is 30.1 Å². The zero-order chi connectivity index (χ0) is 13.1. The summed E-state index contributed by atoms with van der Waals surface area (Å²) in [6.45, 7) is 0. The Morgan fingerprint density at radius 2 is 2.22 bits per heavy atom. The summed E-state index contributed by atoms with van der Waals surface area (Å²) in [5.74, 6) is -1.06. The van der Waals surface area contributed by atoms with Crippen LogP contribution in [0.5, 0.6) is 0 Å². The minimum absolute atomic E-state index is 0.0105. The number of benzene rings is 1. The number of hydrogen-bond acceptors (Lipinski definition) is 5. The second kappa shape index (κ2) is 4.85. The van der Waals surface area contributed by atoms with Crippen molar-refractivity contribution in [3.63, 3.8) is 0 Å². The molecule has 1 aromatic heterocycles. The molecule has 0 unspecified atom stereocenters. The van der Waals surface area contributed by atoms with E-state index in [1.807, 2.05) is 6.07 Å². The molecule has 0 saturated heterocycles. The summed E-state index contributed by atoms with van der Waals surface area (Å²) in [5, 5.41) is 19.9. The Kier molecular flexibility index (Phi) is 3.26. The summed E-state index contributed by atoms with van der Waals surface area (Å²) < 4.78 is 0. The molecule has 1 aromatic carbocycles. The Morgan fingerprint density at radius 1 is 1.50 bits per heavy atom. The van der Waals surface area contributed by atoms with Crippen LogP contribution in [0.3, 0.4) is 0 Å². The predicted molar refractivity (Wildman–Crippen MR) is 68.3 cm³/mol. The zero-order valence-corrected chi connectivity index (χ0v) is 10.3. The van der Waals surface area contributed by atoms with E-state index in [0.29, 0.717) is 16.4 Å². The van der Waals surface area contributed by atoms with Crippen LogP contribution in [0.25, 0.3) is 0 Å². The molecule has 90 valence electrons. The van der Waals surface area contributed by atoms with Gasteiger partial charge in [-0.25, -0.2) is 9.78 Å². The molecule has 0 radical (unpaired) electrons. The van der Waals surface area contributed by atoms with Crippen LogP contribution in [-0.2, 0) is 0 Å². The highest BCUT2D eigenvalue weighted by atomic mass is 32.1. The van der Waals surface area contributed by atoms with Crippen molar-refractivity contribution in [2.75, 3.05) is 11.9 Å². The number of para-hydroxylation sites is 1. The normalized spacial score (nSPS) is 9.78. The largest absolute Gasteiger partial charge is 0.476 e. The number of rotatable bonds is 3. The fourth-order valence-electron chi connectivity index (χ4n) is 1.48. The highest BCUT2D eigenvalue weighted by Gasteiger charge is 2.14. The molecule has 2 rings (SSSR count). The summed E-state index contributed by atoms with van der Waals surface area (Å²) in [5.41, 5.74) is 1.23. The van der Waals surface area contributed by atoms with E-state index >= 15 is 0 Å². The van der Waals surface area contributed by atoms with Crippen LogP contribution in [0.4, 0.5) is 10.8 Å². The highest BCUT2D eigenvalue weighted by molar-refractivity contribution is 7.14. The van der Waals surface area contributed by atoms with Gasteiger partial charge in [-0.15, -0.1) is 11.3 Å². The topological polar surface area (TPSA) is 77.2 Å². The summed E-state index contributed by atoms with van der Waals surface area (Å²) in [7, 11) is 1.75. The third kappa shape index (κ3) is 2.17. The molecule has 0 aliphatic rings. The molecule has 0 spiro atoms. The molecule has 5 nitrogen and oxygen atoms in total. The van der Waals surface area contributed by atoms with Crippen molar-refractivity contribution >= 4 is 28.1 Å². The van der Waals surface area contributed by atoms with E-state index in [1.165, 1.54) is 16.7 Å². The van der Waals surface area contributed by atoms with E-state index in [0.717, 1.165) is 0 Å². The molecule has 0 atom stereocenters. The van der Waals surface area contributed by atoms with Crippen LogP contribution in [-0.4, -0.2) is 23.1 Å². The van der Waals surface area contributed by atoms with Gasteiger partial charge < -0.3 is 10.0 Å². The Labute approximate surface area is 108 Å². The predicted octanol–water partition coefficient (Wildman–Crippen LogP) is 2.48. The SMILES string of the molecule is CN(c1nc(C(=O)O)cs1)c1ccccc1C#N. The number of aromatic carboxylic acids is 1. The maximum atomic E-state index is 10.8. The first kappa shape index (κ1) is 12.1. The van der Waals surface area contributed by atoms with Crippen molar-refractivity contribution in [2.45, 2.75) is 0 Å². The minimum Gasteiger partial charge on any atom is -0.476 e. The van der Waals surface area contributed by atoms with Gasteiger partial charge in [0.05, 0.1) is 11.3 Å². The third-order valence-corrected chi connectivity index (χ3v) is 3.30. The second-order valence-electron chi connectivity index (χ2n) is 3.51. The first-order chi connectivity index (χ1) is 8.63. The zero-order valence-electron chi connectivity index (χ0n) is 9.49. The Bertz CT molecular complexity index is 630. The van der Waals surface area contributed by atoms with Crippen LogP contribution in [0, 0.1) is 11.3 Å². The van der Waals surface area contributed by atoms with E-state index in [-0.39, 0.29) is 5.69 Å². The van der Waals surface area contributed by atoms with Crippen molar-refractivity contribution in [2.24, 2.45) is 0 Å². The number of carboxylic acid groups (broad SMARTS) is 1. The van der Waals surface area contributed by atoms with Crippen molar-refractivity contribution in [1.29, 1.82) is 5.26 Å². The maximum absolute atomic E-state index is 10.8. The van der Waals surface area contributed by atoms with Gasteiger partial charge in [0, 0.05) is 12.4 Å². The Morgan fingerprint density at radius 3 is 2.83 bits per heavy atom. The van der Waals surface area contributed by atoms with Crippen molar-refractivity contribution < 1.29 is 9.90 Å². The van der Waals surface area contributed by atoms with Gasteiger partial charge in [-0.1, -0.05) is 12.1 Å². The van der Waals surface area contributed by atoms with E-state index in [2.05, 4.69) is 11.1 Å². The van der Waals surface area contributed by atoms with E-state index < -0.39 is 5.97 Å². The van der Waals surface area contributed by atoms with Gasteiger partial charge in [-0.05, 0) is 12.1 Å². The molecule has 0 bridgehead atoms. The summed E-state index contributed by atoms with van der Waals surface area (Å²) in [6.07, 6.45) is 0. The van der Waals surface area contributed by atoms with Crippen molar-refractivity contribution in [1.82, 2.24) is 4.98 Å². The lowest BCUT2D eigenvalue weighted by atomic mass is 10.2. The van der Waals surface area contributed by atoms with Gasteiger partial charge in [-0.3, -0.25) is 0 Å². The Balaban J connectivity index is 2.38. The molecule has 2 aromatic rings. The molecular formula is C12H9N3O2S. The third-order valence-electron chi connectivity index (χ3n) is 2.38. The summed E-state index contributed by atoms with van der Waals surface area (Å²) >= 11 is 1.22. The number of thiazole rings is 1. The van der Waals surface area contributed by atoms with Gasteiger partial charge in [0.1, 0.15) is 6.07 Å². The number of nitrogens with zero attached hydrogens (tertiary/aromatic N) is 3. The summed E-state index contributed by atoms with van der Waals surface area (Å²) in [6, 6.07) is 9.19. The lowest BCUT2D eigenvalue weighted by molar-refractivity contribution is 0.0691. The fraction of sp³-hybridized carbons (Fsp3) is 0.0833. The first-order valence-electron chi connectivity index (χ1n) is 5.05. The average Bonchev–Trinajstić information content (AvgIpc) is 2.87. The fourth-order valence-corrected chi connectivity index (χ4v) is 2.26. The number of carbonyl (C=O) groups is 1. The lowest BCUT2D eigenvalue weighted by Gasteiger charge is -2.16. The quantitative estimate of drug-likeness (QED) is 0.916. The number of carboxylic acids is 1. The standard InChI is InChI=1S/C12H9N3O2S/c1-15(10-5-3-2-4-8(10)6-13)12-14-9(7-18-12)11(16)17/h2-5,7H,1H3,(H,16,17). The molecule has 1 heterocycles. The molecule has 0 aliphatic carbocycles. The smallest absolute Gasteiger partial charge is 0.355 e. The minimum atomic E-state index is -1.06. The van der Waals surface area contributed by atoms with Gasteiger partial charge in [0.2, 0.25) is 0 Å². The average molecular weight is 259 g/mol. The molecule has 1 N–H and O–H groups in total. The van der Waals surface area contributed by atoms with Crippen LogP contribution in [0.2, 0.25) is 0 Å². The number of anilines is 2. The van der Waals surface area contributed by atoms with Crippen molar-refractivity contribution in [3.05, 3.63) is 40.9 Å². The molecule has 0 saturated carbocycles. The highest BCUT2D eigenvalue weighted by Crippen LogP contribution is 2.29. The van der Waals surface area contributed by atoms with Gasteiger partial charge in [0.25, 0.3) is 0 Å². The van der Waals surface area contributed by atoms with Crippen LogP contribution in [0.15, 0.2) is 29.6 Å². The Hall–Kier alpha value is -2.39. The van der Waals surface area contributed by atoms with Crippen LogP contribution >= 0.6 is 11.3 Å². The first-order valence-corrected chi connectivity index (χ1v) is 5.93. The molecule has 18 heavy (non-hydrogen) atoms. The van der Waals surface area contributed by atoms with E-state index in [9.17, 15) is 4.79 Å². The van der Waals surface area contributed by atoms with Gasteiger partial charge in [0.15, 0.2) is 10.8 Å². The number of hydrogen-bond donors (Lipinski definition) is 1. The van der Waals surface area contributed by atoms with Crippen LogP contribution < -0.4 is 4.90 Å². The molecule has 0 fully saturated rings. The number of aromatic nitrogens is 1. The monoisotopic (exact) mass is 259 g/mol. The lowest BCUT2D eigenvalue weighted by Crippen LogP contribution is -2.11. The van der Waals surface area contributed by atoms with Crippen LogP contribution in [0.1, 0.15) is 16.1 Å². The van der Waals surface area contributed by atoms with E-state index in [4.69, 9.17) is 10.4 Å². The van der Waals surface area contributed by atoms with Gasteiger partial charge >= 0.3 is 5.97 Å². The molecule has 0 aliphatic heterocycles. The molecule has 6 heteroatoms. The molecule has 0 amide bonds. The maximum Gasteiger partial charge on any atom is 0.355 e. The van der Waals surface area contributed by atoms with Gasteiger partial charge in [-0.2, -0.15) is 5.26 Å².